The highest BCUT2D eigenvalue weighted by Gasteiger charge is 2.20. The Bertz CT molecular complexity index is 771. The number of sulfonamides is 1. The largest absolute Gasteiger partial charge is 0.496 e. The molecule has 0 aliphatic rings. The lowest BCUT2D eigenvalue weighted by Gasteiger charge is -2.12. The summed E-state index contributed by atoms with van der Waals surface area (Å²) in [7, 11) is -2.48. The molecule has 0 aliphatic carbocycles. The highest BCUT2D eigenvalue weighted by Crippen LogP contribution is 2.32. The Balaban J connectivity index is 2.44. The quantitative estimate of drug-likeness (QED) is 0.867. The van der Waals surface area contributed by atoms with Crippen LogP contribution in [0.2, 0.25) is 5.02 Å². The molecule has 0 aliphatic heterocycles. The molecule has 0 bridgehead atoms. The predicted octanol–water partition coefficient (Wildman–Crippen LogP) is 2.91. The Kier molecular flexibility index (Phi) is 4.40. The van der Waals surface area contributed by atoms with Gasteiger partial charge in [0.1, 0.15) is 15.5 Å². The molecule has 0 radical (unpaired) electrons. The number of hydrogen-bond acceptors (Lipinski definition) is 5. The number of carbonyl (C=O) groups is 1. The third kappa shape index (κ3) is 3.29. The van der Waals surface area contributed by atoms with Crippen LogP contribution in [0.4, 0.5) is 5.69 Å². The first-order valence-corrected chi connectivity index (χ1v) is 8.26. The standard InChI is InChI=1S/C12H10ClNO5S2/c1-19-10-6-9(8(13)5-7(10)12(15)16)14-21(17,18)11-3-2-4-20-11/h2-6,14H,1H3,(H,15,16). The highest BCUT2D eigenvalue weighted by atomic mass is 35.5. The molecule has 0 saturated carbocycles. The van der Waals surface area contributed by atoms with Gasteiger partial charge in [-0.1, -0.05) is 17.7 Å². The van der Waals surface area contributed by atoms with Crippen molar-refractivity contribution >= 4 is 44.6 Å². The van der Waals surface area contributed by atoms with Crippen LogP contribution >= 0.6 is 22.9 Å². The maximum Gasteiger partial charge on any atom is 0.339 e. The minimum atomic E-state index is -3.77. The lowest BCUT2D eigenvalue weighted by Crippen LogP contribution is -2.12. The smallest absolute Gasteiger partial charge is 0.339 e. The zero-order chi connectivity index (χ0) is 15.6. The number of halogens is 1. The number of ether oxygens (including phenoxy) is 1. The maximum atomic E-state index is 12.1. The molecule has 0 amide bonds. The first kappa shape index (κ1) is 15.6. The molecule has 1 aromatic carbocycles. The van der Waals surface area contributed by atoms with Gasteiger partial charge < -0.3 is 9.84 Å². The van der Waals surface area contributed by atoms with Gasteiger partial charge in [-0.2, -0.15) is 0 Å². The lowest BCUT2D eigenvalue weighted by molar-refractivity contribution is 0.0693. The molecule has 1 aromatic heterocycles. The van der Waals surface area contributed by atoms with E-state index in [4.69, 9.17) is 21.4 Å². The van der Waals surface area contributed by atoms with E-state index in [0.29, 0.717) is 0 Å². The van der Waals surface area contributed by atoms with Gasteiger partial charge in [0.05, 0.1) is 17.8 Å². The fourth-order valence-electron chi connectivity index (χ4n) is 1.58. The van der Waals surface area contributed by atoms with Crippen molar-refractivity contribution < 1.29 is 23.1 Å². The number of aromatic carboxylic acids is 1. The molecule has 1 heterocycles. The second-order valence-electron chi connectivity index (χ2n) is 3.88. The van der Waals surface area contributed by atoms with Gasteiger partial charge in [-0.25, -0.2) is 13.2 Å². The molecule has 2 rings (SSSR count). The number of carboxylic acids is 1. The third-order valence-corrected chi connectivity index (χ3v) is 5.60. The molecule has 0 saturated heterocycles. The summed E-state index contributed by atoms with van der Waals surface area (Å²) in [4.78, 5) is 11.0. The van der Waals surface area contributed by atoms with Crippen molar-refractivity contribution in [1.29, 1.82) is 0 Å². The number of carboxylic acid groups (broad SMARTS) is 1. The average Bonchev–Trinajstić information content (AvgIpc) is 2.95. The topological polar surface area (TPSA) is 92.7 Å². The van der Waals surface area contributed by atoms with Gasteiger partial charge in [0.2, 0.25) is 0 Å². The number of benzene rings is 1. The van der Waals surface area contributed by atoms with Crippen LogP contribution in [0.25, 0.3) is 0 Å². The number of nitrogens with one attached hydrogen (secondary N) is 1. The first-order valence-electron chi connectivity index (χ1n) is 5.52. The second-order valence-corrected chi connectivity index (χ2v) is 7.14. The fourth-order valence-corrected chi connectivity index (χ4v) is 3.91. The Hall–Kier alpha value is -1.77. The van der Waals surface area contributed by atoms with Crippen molar-refractivity contribution in [3.8, 4) is 5.75 Å². The number of anilines is 1. The summed E-state index contributed by atoms with van der Waals surface area (Å²) in [6.45, 7) is 0. The molecule has 112 valence electrons. The van der Waals surface area contributed by atoms with Gasteiger partial charge >= 0.3 is 5.97 Å². The zero-order valence-electron chi connectivity index (χ0n) is 10.7. The van der Waals surface area contributed by atoms with Crippen LogP contribution < -0.4 is 9.46 Å². The highest BCUT2D eigenvalue weighted by molar-refractivity contribution is 7.94. The van der Waals surface area contributed by atoms with Crippen molar-refractivity contribution in [3.63, 3.8) is 0 Å². The van der Waals surface area contributed by atoms with Gasteiger partial charge in [-0.05, 0) is 17.5 Å². The number of rotatable bonds is 5. The van der Waals surface area contributed by atoms with Crippen molar-refractivity contribution in [1.82, 2.24) is 0 Å². The van der Waals surface area contributed by atoms with E-state index in [9.17, 15) is 13.2 Å². The monoisotopic (exact) mass is 347 g/mol. The molecular formula is C12H10ClNO5S2. The van der Waals surface area contributed by atoms with Crippen LogP contribution in [0.3, 0.4) is 0 Å². The Labute approximate surface area is 130 Å². The van der Waals surface area contributed by atoms with Crippen LogP contribution in [0.5, 0.6) is 5.75 Å². The van der Waals surface area contributed by atoms with Gasteiger partial charge in [0, 0.05) is 6.07 Å². The molecule has 0 fully saturated rings. The first-order chi connectivity index (χ1) is 9.85. The molecule has 21 heavy (non-hydrogen) atoms. The number of thiophene rings is 1. The van der Waals surface area contributed by atoms with E-state index in [2.05, 4.69) is 4.72 Å². The maximum absolute atomic E-state index is 12.1. The van der Waals surface area contributed by atoms with Crippen molar-refractivity contribution in [3.05, 3.63) is 40.2 Å². The average molecular weight is 348 g/mol. The summed E-state index contributed by atoms with van der Waals surface area (Å²) in [6, 6.07) is 5.42. The molecular weight excluding hydrogens is 338 g/mol. The van der Waals surface area contributed by atoms with E-state index < -0.39 is 16.0 Å². The summed E-state index contributed by atoms with van der Waals surface area (Å²) in [6.07, 6.45) is 0. The number of methoxy groups -OCH3 is 1. The van der Waals surface area contributed by atoms with Crippen LogP contribution in [-0.4, -0.2) is 26.6 Å². The molecule has 0 atom stereocenters. The Morgan fingerprint density at radius 2 is 2.14 bits per heavy atom. The Morgan fingerprint density at radius 1 is 1.43 bits per heavy atom. The Morgan fingerprint density at radius 3 is 2.67 bits per heavy atom. The molecule has 6 nitrogen and oxygen atoms in total. The lowest BCUT2D eigenvalue weighted by atomic mass is 10.2. The minimum Gasteiger partial charge on any atom is -0.496 e. The van der Waals surface area contributed by atoms with E-state index in [-0.39, 0.29) is 26.2 Å². The van der Waals surface area contributed by atoms with Crippen LogP contribution in [-0.2, 0) is 10.0 Å². The van der Waals surface area contributed by atoms with Crippen LogP contribution in [0, 0.1) is 0 Å². The van der Waals surface area contributed by atoms with E-state index in [1.165, 1.54) is 19.2 Å². The van der Waals surface area contributed by atoms with Crippen LogP contribution in [0.15, 0.2) is 33.9 Å². The third-order valence-electron chi connectivity index (χ3n) is 2.52. The normalized spacial score (nSPS) is 11.1. The zero-order valence-corrected chi connectivity index (χ0v) is 13.1. The van der Waals surface area contributed by atoms with E-state index >= 15 is 0 Å². The van der Waals surface area contributed by atoms with Gasteiger partial charge in [0.25, 0.3) is 10.0 Å². The van der Waals surface area contributed by atoms with E-state index in [1.807, 2.05) is 0 Å². The van der Waals surface area contributed by atoms with Crippen molar-refractivity contribution in [2.24, 2.45) is 0 Å². The summed E-state index contributed by atoms with van der Waals surface area (Å²) < 4.78 is 31.6. The molecule has 9 heteroatoms. The molecule has 2 N–H and O–H groups in total. The minimum absolute atomic E-state index is 0.00998. The van der Waals surface area contributed by atoms with Crippen molar-refractivity contribution in [2.45, 2.75) is 4.21 Å². The molecule has 0 unspecified atom stereocenters. The fraction of sp³-hybridized carbons (Fsp3) is 0.0833. The van der Waals surface area contributed by atoms with Gasteiger partial charge in [-0.3, -0.25) is 4.72 Å². The molecule has 0 spiro atoms. The summed E-state index contributed by atoms with van der Waals surface area (Å²) in [5, 5.41) is 10.6. The summed E-state index contributed by atoms with van der Waals surface area (Å²) >= 11 is 6.98. The predicted molar refractivity (Wildman–Crippen MR) is 80.1 cm³/mol. The van der Waals surface area contributed by atoms with Crippen LogP contribution in [0.1, 0.15) is 10.4 Å². The summed E-state index contributed by atoms with van der Waals surface area (Å²) in [5.41, 5.74) is -0.103. The van der Waals surface area contributed by atoms with Gasteiger partial charge in [-0.15, -0.1) is 11.3 Å². The van der Waals surface area contributed by atoms with E-state index in [1.54, 1.807) is 11.4 Å². The SMILES string of the molecule is COc1cc(NS(=O)(=O)c2cccs2)c(Cl)cc1C(=O)O. The molecule has 2 aromatic rings. The van der Waals surface area contributed by atoms with E-state index in [0.717, 1.165) is 17.4 Å². The van der Waals surface area contributed by atoms with Crippen molar-refractivity contribution in [2.75, 3.05) is 11.8 Å². The summed E-state index contributed by atoms with van der Waals surface area (Å²) in [5.74, 6) is -1.21. The second kappa shape index (κ2) is 5.92. The number of hydrogen-bond donors (Lipinski definition) is 2. The van der Waals surface area contributed by atoms with Gasteiger partial charge in [0.15, 0.2) is 0 Å².